The van der Waals surface area contributed by atoms with Crippen molar-refractivity contribution in [2.75, 3.05) is 20.1 Å². The highest BCUT2D eigenvalue weighted by molar-refractivity contribution is 6.61. The summed E-state index contributed by atoms with van der Waals surface area (Å²) >= 11 is 0. The molecule has 0 N–H and O–H groups in total. The maximum atomic E-state index is 6.04. The summed E-state index contributed by atoms with van der Waals surface area (Å²) < 4.78 is 14.1. The van der Waals surface area contributed by atoms with E-state index in [4.69, 9.17) is 9.31 Å². The second-order valence-electron chi connectivity index (χ2n) is 7.17. The van der Waals surface area contributed by atoms with E-state index in [0.29, 0.717) is 5.92 Å². The van der Waals surface area contributed by atoms with Crippen molar-refractivity contribution in [3.8, 4) is 0 Å². The quantitative estimate of drug-likeness (QED) is 0.764. The van der Waals surface area contributed by atoms with Gasteiger partial charge in [0.15, 0.2) is 0 Å². The molecule has 0 amide bonds. The van der Waals surface area contributed by atoms with Gasteiger partial charge in [-0.25, -0.2) is 0 Å². The molecular weight excluding hydrogens is 253 g/mol. The number of likely N-dealkylation sites (tertiary alicyclic amines) is 1. The average Bonchev–Trinajstić information content (AvgIpc) is 2.81. The van der Waals surface area contributed by atoms with Gasteiger partial charge >= 0.3 is 7.12 Å². The summed E-state index contributed by atoms with van der Waals surface area (Å²) in [6.45, 7) is 11.6. The predicted molar refractivity (Wildman–Crippen MR) is 78.9 cm³/mol. The van der Waals surface area contributed by atoms with Crippen molar-refractivity contribution in [3.05, 3.63) is 12.4 Å². The highest BCUT2D eigenvalue weighted by Crippen LogP contribution is 2.36. The predicted octanol–water partition coefficient (Wildman–Crippen LogP) is 0.744. The standard InChI is InChI=1S/C14H24BN3O2/c1-13(2)14(3,4)20-15(19-13)12-6-16-18(10-12)9-11-7-17(5)8-11/h6,10-11H,7-9H2,1-5H3. The number of hydrogen-bond donors (Lipinski definition) is 0. The first-order valence-corrected chi connectivity index (χ1v) is 7.33. The number of aromatic nitrogens is 2. The second kappa shape index (κ2) is 4.58. The summed E-state index contributed by atoms with van der Waals surface area (Å²) in [6, 6.07) is 0. The molecule has 0 aliphatic carbocycles. The lowest BCUT2D eigenvalue weighted by Gasteiger charge is -2.35. The Labute approximate surface area is 121 Å². The van der Waals surface area contributed by atoms with Crippen molar-refractivity contribution in [2.45, 2.75) is 45.4 Å². The van der Waals surface area contributed by atoms with Crippen molar-refractivity contribution in [3.63, 3.8) is 0 Å². The van der Waals surface area contributed by atoms with Crippen LogP contribution in [0.4, 0.5) is 0 Å². The Morgan fingerprint density at radius 3 is 2.40 bits per heavy atom. The smallest absolute Gasteiger partial charge is 0.399 e. The van der Waals surface area contributed by atoms with Crippen molar-refractivity contribution >= 4 is 12.6 Å². The monoisotopic (exact) mass is 277 g/mol. The van der Waals surface area contributed by atoms with Gasteiger partial charge in [-0.2, -0.15) is 5.10 Å². The van der Waals surface area contributed by atoms with Crippen molar-refractivity contribution in [2.24, 2.45) is 5.92 Å². The molecule has 0 aromatic carbocycles. The van der Waals surface area contributed by atoms with E-state index in [1.54, 1.807) is 0 Å². The molecular formula is C14H24BN3O2. The fourth-order valence-corrected chi connectivity index (χ4v) is 2.79. The van der Waals surface area contributed by atoms with Crippen LogP contribution in [0.1, 0.15) is 27.7 Å². The van der Waals surface area contributed by atoms with Crippen LogP contribution < -0.4 is 5.46 Å². The van der Waals surface area contributed by atoms with Gasteiger partial charge in [0, 0.05) is 43.4 Å². The van der Waals surface area contributed by atoms with Gasteiger partial charge in [-0.15, -0.1) is 0 Å². The van der Waals surface area contributed by atoms with Gasteiger partial charge < -0.3 is 14.2 Å². The van der Waals surface area contributed by atoms with Gasteiger partial charge in [0.1, 0.15) is 0 Å². The molecule has 0 atom stereocenters. The zero-order chi connectivity index (χ0) is 14.5. The Morgan fingerprint density at radius 1 is 1.25 bits per heavy atom. The fraction of sp³-hybridized carbons (Fsp3) is 0.786. The third kappa shape index (κ3) is 2.40. The topological polar surface area (TPSA) is 39.5 Å². The molecule has 2 fully saturated rings. The highest BCUT2D eigenvalue weighted by Gasteiger charge is 2.52. The molecule has 20 heavy (non-hydrogen) atoms. The molecule has 2 aliphatic heterocycles. The molecule has 0 unspecified atom stereocenters. The summed E-state index contributed by atoms with van der Waals surface area (Å²) in [6.07, 6.45) is 3.92. The van der Waals surface area contributed by atoms with Crippen LogP contribution in [0, 0.1) is 5.92 Å². The lowest BCUT2D eigenvalue weighted by molar-refractivity contribution is 0.00578. The molecule has 6 heteroatoms. The molecule has 3 heterocycles. The zero-order valence-corrected chi connectivity index (χ0v) is 13.1. The number of hydrogen-bond acceptors (Lipinski definition) is 4. The van der Waals surface area contributed by atoms with Gasteiger partial charge in [0.2, 0.25) is 0 Å². The number of nitrogens with zero attached hydrogens (tertiary/aromatic N) is 3. The van der Waals surface area contributed by atoms with E-state index < -0.39 is 0 Å². The Balaban J connectivity index is 1.66. The first-order chi connectivity index (χ1) is 9.27. The molecule has 0 saturated carbocycles. The summed E-state index contributed by atoms with van der Waals surface area (Å²) in [7, 11) is 1.84. The minimum absolute atomic E-state index is 0.295. The van der Waals surface area contributed by atoms with Crippen LogP contribution in [0.5, 0.6) is 0 Å². The second-order valence-corrected chi connectivity index (χ2v) is 7.17. The van der Waals surface area contributed by atoms with E-state index in [9.17, 15) is 0 Å². The highest BCUT2D eigenvalue weighted by atomic mass is 16.7. The fourth-order valence-electron chi connectivity index (χ4n) is 2.79. The van der Waals surface area contributed by atoms with E-state index in [1.165, 1.54) is 0 Å². The van der Waals surface area contributed by atoms with Crippen LogP contribution >= 0.6 is 0 Å². The normalized spacial score (nSPS) is 25.9. The Hall–Kier alpha value is -0.845. The molecule has 1 aromatic rings. The summed E-state index contributed by atoms with van der Waals surface area (Å²) in [5, 5.41) is 4.44. The lowest BCUT2D eigenvalue weighted by atomic mass is 9.82. The van der Waals surface area contributed by atoms with Crippen LogP contribution in [-0.4, -0.2) is 53.1 Å². The van der Waals surface area contributed by atoms with Crippen LogP contribution in [-0.2, 0) is 15.9 Å². The first-order valence-electron chi connectivity index (χ1n) is 7.33. The van der Waals surface area contributed by atoms with Crippen LogP contribution in [0.15, 0.2) is 12.4 Å². The van der Waals surface area contributed by atoms with Crippen LogP contribution in [0.2, 0.25) is 0 Å². The Bertz CT molecular complexity index is 478. The maximum Gasteiger partial charge on any atom is 0.498 e. The van der Waals surface area contributed by atoms with Crippen LogP contribution in [0.3, 0.4) is 0 Å². The minimum atomic E-state index is -0.308. The molecule has 0 spiro atoms. The minimum Gasteiger partial charge on any atom is -0.399 e. The van der Waals surface area contributed by atoms with Gasteiger partial charge in [0.25, 0.3) is 0 Å². The molecule has 1 aromatic heterocycles. The molecule has 110 valence electrons. The van der Waals surface area contributed by atoms with Gasteiger partial charge in [-0.3, -0.25) is 4.68 Å². The molecule has 0 radical (unpaired) electrons. The summed E-state index contributed by atoms with van der Waals surface area (Å²) in [5.74, 6) is 0.714. The molecule has 2 saturated heterocycles. The molecule has 2 aliphatic rings. The Morgan fingerprint density at radius 2 is 1.85 bits per heavy atom. The van der Waals surface area contributed by atoms with Crippen molar-refractivity contribution < 1.29 is 9.31 Å². The van der Waals surface area contributed by atoms with E-state index in [2.05, 4.69) is 50.9 Å². The molecule has 3 rings (SSSR count). The van der Waals surface area contributed by atoms with Gasteiger partial charge in [0.05, 0.1) is 11.2 Å². The van der Waals surface area contributed by atoms with Crippen LogP contribution in [0.25, 0.3) is 0 Å². The molecule has 5 nitrogen and oxygen atoms in total. The van der Waals surface area contributed by atoms with E-state index >= 15 is 0 Å². The summed E-state index contributed by atoms with van der Waals surface area (Å²) in [4.78, 5) is 2.32. The Kier molecular flexibility index (Phi) is 3.23. The lowest BCUT2D eigenvalue weighted by Crippen LogP contribution is -2.45. The van der Waals surface area contributed by atoms with Crippen molar-refractivity contribution in [1.82, 2.24) is 14.7 Å². The third-order valence-electron chi connectivity index (χ3n) is 4.76. The third-order valence-corrected chi connectivity index (χ3v) is 4.76. The zero-order valence-electron chi connectivity index (χ0n) is 13.1. The van der Waals surface area contributed by atoms with E-state index in [0.717, 1.165) is 25.1 Å². The number of rotatable bonds is 3. The average molecular weight is 277 g/mol. The van der Waals surface area contributed by atoms with Gasteiger partial charge in [-0.1, -0.05) is 0 Å². The molecule has 0 bridgehead atoms. The SMILES string of the molecule is CN1CC(Cn2cc(B3OC(C)(C)C(C)(C)O3)cn2)C1. The maximum absolute atomic E-state index is 6.04. The van der Waals surface area contributed by atoms with Gasteiger partial charge in [-0.05, 0) is 34.7 Å². The van der Waals surface area contributed by atoms with Crippen molar-refractivity contribution in [1.29, 1.82) is 0 Å². The summed E-state index contributed by atoms with van der Waals surface area (Å²) in [5.41, 5.74) is 0.420. The van der Waals surface area contributed by atoms with E-state index in [-0.39, 0.29) is 18.3 Å². The largest absolute Gasteiger partial charge is 0.498 e. The first kappa shape index (κ1) is 14.1. The van der Waals surface area contributed by atoms with E-state index in [1.807, 2.05) is 10.9 Å².